The Morgan fingerprint density at radius 2 is 0.900 bits per heavy atom. The van der Waals surface area contributed by atoms with E-state index in [2.05, 4.69) is 20.4 Å². The second-order valence-corrected chi connectivity index (χ2v) is 8.88. The van der Waals surface area contributed by atoms with Crippen LogP contribution in [0.2, 0.25) is 0 Å². The van der Waals surface area contributed by atoms with Crippen LogP contribution in [0.1, 0.15) is 62.1 Å². The number of nitro benzene ring substituents is 2. The predicted octanol–water partition coefficient (Wildman–Crippen LogP) is 5.55. The molecule has 14 nitrogen and oxygen atoms in total. The number of ether oxygens (including phenoxy) is 2. The molecule has 4 aromatic rings. The lowest BCUT2D eigenvalue weighted by Gasteiger charge is -2.02. The van der Waals surface area contributed by atoms with E-state index in [1.165, 1.54) is 48.5 Å². The third-order valence-corrected chi connectivity index (χ3v) is 5.87. The summed E-state index contributed by atoms with van der Waals surface area (Å²) in [4.78, 5) is 20.5. The van der Waals surface area contributed by atoms with E-state index in [1.54, 1.807) is 0 Å². The third kappa shape index (κ3) is 8.85. The van der Waals surface area contributed by atoms with Gasteiger partial charge >= 0.3 is 0 Å². The summed E-state index contributed by atoms with van der Waals surface area (Å²) in [6, 6.07) is 11.6. The van der Waals surface area contributed by atoms with Gasteiger partial charge in [-0.3, -0.25) is 20.2 Å². The Morgan fingerprint density at radius 1 is 0.550 bits per heavy atom. The Hall–Kier alpha value is -4.88. The predicted molar refractivity (Wildman–Crippen MR) is 139 cm³/mol. The van der Waals surface area contributed by atoms with Crippen molar-refractivity contribution >= 4 is 11.4 Å². The van der Waals surface area contributed by atoms with Gasteiger partial charge in [-0.05, 0) is 37.1 Å². The quantitative estimate of drug-likeness (QED) is 0.0905. The van der Waals surface area contributed by atoms with Crippen LogP contribution in [-0.2, 0) is 26.1 Å². The second-order valence-electron chi connectivity index (χ2n) is 8.88. The molecule has 14 heteroatoms. The summed E-state index contributed by atoms with van der Waals surface area (Å²) >= 11 is 0. The van der Waals surface area contributed by atoms with Crippen LogP contribution in [0.4, 0.5) is 11.4 Å². The van der Waals surface area contributed by atoms with Gasteiger partial charge in [-0.15, -0.1) is 20.4 Å². The van der Waals surface area contributed by atoms with Crippen molar-refractivity contribution in [3.05, 3.63) is 92.3 Å². The monoisotopic (exact) mass is 552 g/mol. The summed E-state index contributed by atoms with van der Waals surface area (Å²) in [5, 5.41) is 37.5. The first kappa shape index (κ1) is 28.1. The molecule has 40 heavy (non-hydrogen) atoms. The van der Waals surface area contributed by atoms with E-state index in [9.17, 15) is 20.2 Å². The highest BCUT2D eigenvalue weighted by Gasteiger charge is 2.10. The van der Waals surface area contributed by atoms with Gasteiger partial charge in [-0.1, -0.05) is 25.7 Å². The topological polar surface area (TPSA) is 183 Å². The lowest BCUT2D eigenvalue weighted by Crippen LogP contribution is -1.96. The second kappa shape index (κ2) is 14.3. The zero-order valence-electron chi connectivity index (χ0n) is 21.6. The maximum absolute atomic E-state index is 10.7. The Morgan fingerprint density at radius 3 is 1.27 bits per heavy atom. The molecule has 2 heterocycles. The van der Waals surface area contributed by atoms with Crippen molar-refractivity contribution in [2.24, 2.45) is 0 Å². The van der Waals surface area contributed by atoms with Crippen LogP contribution < -0.4 is 9.47 Å². The van der Waals surface area contributed by atoms with E-state index in [4.69, 9.17) is 18.3 Å². The number of hydrogen-bond donors (Lipinski definition) is 0. The molecule has 4 rings (SSSR count). The molecule has 0 spiro atoms. The van der Waals surface area contributed by atoms with E-state index in [0.717, 1.165) is 38.5 Å². The lowest BCUT2D eigenvalue weighted by molar-refractivity contribution is -0.385. The fraction of sp³-hybridized carbons (Fsp3) is 0.385. The molecule has 0 unspecified atom stereocenters. The maximum atomic E-state index is 10.7. The molecule has 0 atom stereocenters. The van der Waals surface area contributed by atoms with E-state index in [0.29, 0.717) is 47.9 Å². The number of non-ortho nitro benzene ring substituents is 2. The minimum absolute atomic E-state index is 0.00103. The molecular weight excluding hydrogens is 524 g/mol. The van der Waals surface area contributed by atoms with E-state index >= 15 is 0 Å². The average Bonchev–Trinajstić information content (AvgIpc) is 3.62. The molecule has 0 radical (unpaired) electrons. The molecule has 2 aromatic carbocycles. The van der Waals surface area contributed by atoms with Crippen LogP contribution in [0.15, 0.2) is 57.4 Å². The fourth-order valence-corrected chi connectivity index (χ4v) is 3.77. The van der Waals surface area contributed by atoms with E-state index in [-0.39, 0.29) is 24.6 Å². The summed E-state index contributed by atoms with van der Waals surface area (Å²) in [6.07, 6.45) is 7.52. The molecule has 0 amide bonds. The van der Waals surface area contributed by atoms with Crippen molar-refractivity contribution in [2.45, 2.75) is 64.6 Å². The molecule has 0 aliphatic heterocycles. The Balaban J connectivity index is 1.03. The van der Waals surface area contributed by atoms with Crippen LogP contribution in [0.3, 0.4) is 0 Å². The highest BCUT2D eigenvalue weighted by atomic mass is 16.6. The lowest BCUT2D eigenvalue weighted by atomic mass is 10.1. The summed E-state index contributed by atoms with van der Waals surface area (Å²) in [6.45, 7) is 0.193. The van der Waals surface area contributed by atoms with Crippen LogP contribution in [0.25, 0.3) is 0 Å². The first-order chi connectivity index (χ1) is 19.5. The molecular formula is C26H28N6O8. The number of benzene rings is 2. The maximum Gasteiger partial charge on any atom is 0.269 e. The van der Waals surface area contributed by atoms with Crippen LogP contribution in [0, 0.1) is 20.2 Å². The van der Waals surface area contributed by atoms with Crippen molar-refractivity contribution in [1.82, 2.24) is 20.4 Å². The minimum Gasteiger partial charge on any atom is -0.484 e. The van der Waals surface area contributed by atoms with Gasteiger partial charge in [0.05, 0.1) is 9.85 Å². The fourth-order valence-electron chi connectivity index (χ4n) is 3.77. The van der Waals surface area contributed by atoms with E-state index < -0.39 is 9.85 Å². The Labute approximate surface area is 228 Å². The zero-order valence-corrected chi connectivity index (χ0v) is 21.6. The average molecular weight is 553 g/mol. The SMILES string of the molecule is O=[N+]([O-])c1ccc(OCc2nnc(CCCCCCCCc3nnc(COc4ccc([N+](=O)[O-])cc4)o3)o2)cc1. The highest BCUT2D eigenvalue weighted by Crippen LogP contribution is 2.20. The minimum atomic E-state index is -0.466. The number of unbranched alkanes of at least 4 members (excludes halogenated alkanes) is 5. The standard InChI is InChI=1S/C26H28N6O8/c33-31(34)19-9-13-21(14-10-19)37-17-25-29-27-23(39-25)7-5-3-1-2-4-6-8-24-28-30-26(40-24)18-38-22-15-11-20(12-16-22)32(35)36/h9-16H,1-8,17-18H2. The third-order valence-electron chi connectivity index (χ3n) is 5.87. The molecule has 0 aliphatic carbocycles. The number of rotatable bonds is 17. The molecule has 0 saturated carbocycles. The Bertz CT molecular complexity index is 1260. The van der Waals surface area contributed by atoms with Gasteiger partial charge < -0.3 is 18.3 Å². The van der Waals surface area contributed by atoms with Crippen LogP contribution in [-0.4, -0.2) is 30.2 Å². The van der Waals surface area contributed by atoms with Crippen molar-refractivity contribution < 1.29 is 28.2 Å². The zero-order chi connectivity index (χ0) is 28.2. The molecule has 2 aromatic heterocycles. The van der Waals surface area contributed by atoms with Crippen molar-refractivity contribution in [1.29, 1.82) is 0 Å². The van der Waals surface area contributed by atoms with Gasteiger partial charge in [-0.25, -0.2) is 0 Å². The number of nitro groups is 2. The molecule has 0 bridgehead atoms. The van der Waals surface area contributed by atoms with Crippen LogP contribution >= 0.6 is 0 Å². The molecule has 0 N–H and O–H groups in total. The largest absolute Gasteiger partial charge is 0.484 e. The molecule has 0 saturated heterocycles. The normalized spacial score (nSPS) is 10.9. The Kier molecular flexibility index (Phi) is 10.1. The van der Waals surface area contributed by atoms with Gasteiger partial charge in [0.1, 0.15) is 11.5 Å². The first-order valence-corrected chi connectivity index (χ1v) is 12.8. The van der Waals surface area contributed by atoms with Gasteiger partial charge in [0, 0.05) is 37.1 Å². The number of nitrogens with zero attached hydrogens (tertiary/aromatic N) is 6. The van der Waals surface area contributed by atoms with E-state index in [1.807, 2.05) is 0 Å². The van der Waals surface area contributed by atoms with Crippen molar-refractivity contribution in [3.8, 4) is 11.5 Å². The summed E-state index contributed by atoms with van der Waals surface area (Å²) in [5.41, 5.74) is -0.00206. The van der Waals surface area contributed by atoms with Crippen molar-refractivity contribution in [3.63, 3.8) is 0 Å². The van der Waals surface area contributed by atoms with Crippen LogP contribution in [0.5, 0.6) is 11.5 Å². The number of aryl methyl sites for hydroxylation is 2. The summed E-state index contributed by atoms with van der Waals surface area (Å²) in [5.74, 6) is 2.81. The van der Waals surface area contributed by atoms with Gasteiger partial charge in [0.15, 0.2) is 13.2 Å². The summed E-state index contributed by atoms with van der Waals surface area (Å²) in [7, 11) is 0. The highest BCUT2D eigenvalue weighted by molar-refractivity contribution is 5.36. The van der Waals surface area contributed by atoms with Gasteiger partial charge in [-0.2, -0.15) is 0 Å². The smallest absolute Gasteiger partial charge is 0.269 e. The number of hydrogen-bond acceptors (Lipinski definition) is 12. The van der Waals surface area contributed by atoms with Gasteiger partial charge in [0.2, 0.25) is 11.8 Å². The van der Waals surface area contributed by atoms with Crippen molar-refractivity contribution in [2.75, 3.05) is 0 Å². The molecule has 210 valence electrons. The number of aromatic nitrogens is 4. The molecule has 0 aliphatic rings. The molecule has 0 fully saturated rings. The summed E-state index contributed by atoms with van der Waals surface area (Å²) < 4.78 is 22.3. The first-order valence-electron chi connectivity index (χ1n) is 12.8. The van der Waals surface area contributed by atoms with Gasteiger partial charge in [0.25, 0.3) is 23.2 Å².